The molecule has 1 fully saturated rings. The Labute approximate surface area is 182 Å². The summed E-state index contributed by atoms with van der Waals surface area (Å²) in [6, 6.07) is 3.96. The number of hydrogen-bond donors (Lipinski definition) is 4. The van der Waals surface area contributed by atoms with Crippen molar-refractivity contribution in [2.75, 3.05) is 25.0 Å². The van der Waals surface area contributed by atoms with E-state index in [2.05, 4.69) is 35.8 Å². The monoisotopic (exact) mass is 431 g/mol. The highest BCUT2D eigenvalue weighted by Crippen LogP contribution is 2.31. The Bertz CT molecular complexity index is 813. The second kappa shape index (κ2) is 10.6. The lowest BCUT2D eigenvalue weighted by Gasteiger charge is -2.35. The summed E-state index contributed by atoms with van der Waals surface area (Å²) in [7, 11) is 1.76. The second-order valence-electron chi connectivity index (χ2n) is 8.76. The van der Waals surface area contributed by atoms with Crippen LogP contribution in [0.5, 0.6) is 0 Å². The van der Waals surface area contributed by atoms with Crippen LogP contribution in [-0.4, -0.2) is 68.2 Å². The molecule has 4 unspecified atom stereocenters. The SMILES string of the molecule is CNC(O)C1CCCN(c2ccc(CC(c3nn[nH]n3)C(CC(C)C)C(=O)O)cn2)C1. The highest BCUT2D eigenvalue weighted by molar-refractivity contribution is 5.71. The molecule has 1 aliphatic heterocycles. The smallest absolute Gasteiger partial charge is 0.307 e. The van der Waals surface area contributed by atoms with Crippen molar-refractivity contribution in [1.29, 1.82) is 0 Å². The standard InChI is InChI=1S/C21H33N7O3/c1-13(2)9-17(21(30)31)16(19-24-26-27-25-19)10-14-6-7-18(23-11-14)28-8-4-5-15(12-28)20(29)22-3/h6-7,11,13,15-17,20,22,29H,4-5,8-10,12H2,1-3H3,(H,30,31)(H,24,25,26,27). The van der Waals surface area contributed by atoms with Gasteiger partial charge in [0, 0.05) is 31.1 Å². The number of rotatable bonds is 10. The molecule has 10 heteroatoms. The minimum atomic E-state index is -0.851. The number of piperidine rings is 1. The Morgan fingerprint density at radius 3 is 2.77 bits per heavy atom. The number of nitrogens with zero attached hydrogens (tertiary/aromatic N) is 5. The van der Waals surface area contributed by atoms with Gasteiger partial charge in [-0.05, 0) is 50.3 Å². The van der Waals surface area contributed by atoms with Crippen LogP contribution in [-0.2, 0) is 11.2 Å². The first-order chi connectivity index (χ1) is 14.9. The van der Waals surface area contributed by atoms with Crippen molar-refractivity contribution in [2.24, 2.45) is 17.8 Å². The fourth-order valence-corrected chi connectivity index (χ4v) is 4.38. The van der Waals surface area contributed by atoms with Gasteiger partial charge in [-0.3, -0.25) is 10.1 Å². The number of aromatic nitrogens is 5. The molecule has 10 nitrogen and oxygen atoms in total. The summed E-state index contributed by atoms with van der Waals surface area (Å²) in [5, 5.41) is 37.1. The summed E-state index contributed by atoms with van der Waals surface area (Å²) in [5.41, 5.74) is 0.928. The minimum Gasteiger partial charge on any atom is -0.481 e. The molecule has 0 spiro atoms. The van der Waals surface area contributed by atoms with E-state index >= 15 is 0 Å². The van der Waals surface area contributed by atoms with E-state index in [0.717, 1.165) is 37.3 Å². The largest absolute Gasteiger partial charge is 0.481 e. The van der Waals surface area contributed by atoms with Gasteiger partial charge in [-0.25, -0.2) is 4.98 Å². The molecule has 2 aromatic heterocycles. The zero-order valence-electron chi connectivity index (χ0n) is 18.4. The Morgan fingerprint density at radius 2 is 2.19 bits per heavy atom. The number of aliphatic hydroxyl groups excluding tert-OH is 1. The summed E-state index contributed by atoms with van der Waals surface area (Å²) in [5.74, 6) is -0.178. The molecule has 170 valence electrons. The minimum absolute atomic E-state index is 0.162. The molecular formula is C21H33N7O3. The third-order valence-electron chi connectivity index (χ3n) is 6.01. The van der Waals surface area contributed by atoms with Crippen LogP contribution in [0.1, 0.15) is 50.4 Å². The van der Waals surface area contributed by atoms with Crippen molar-refractivity contribution < 1.29 is 15.0 Å². The van der Waals surface area contributed by atoms with Crippen LogP contribution < -0.4 is 10.2 Å². The quantitative estimate of drug-likeness (QED) is 0.411. The van der Waals surface area contributed by atoms with Crippen molar-refractivity contribution in [3.8, 4) is 0 Å². The van der Waals surface area contributed by atoms with Crippen molar-refractivity contribution in [1.82, 2.24) is 30.9 Å². The number of aliphatic carboxylic acids is 1. The molecule has 0 bridgehead atoms. The molecule has 0 saturated carbocycles. The molecular weight excluding hydrogens is 398 g/mol. The maximum atomic E-state index is 12.0. The van der Waals surface area contributed by atoms with Crippen LogP contribution in [0.25, 0.3) is 0 Å². The number of carbonyl (C=O) groups is 1. The molecule has 31 heavy (non-hydrogen) atoms. The highest BCUT2D eigenvalue weighted by atomic mass is 16.4. The predicted molar refractivity (Wildman–Crippen MR) is 115 cm³/mol. The lowest BCUT2D eigenvalue weighted by atomic mass is 9.81. The second-order valence-corrected chi connectivity index (χ2v) is 8.76. The molecule has 4 atom stereocenters. The first-order valence-electron chi connectivity index (χ1n) is 10.9. The average molecular weight is 432 g/mol. The van der Waals surface area contributed by atoms with Crippen LogP contribution in [0.4, 0.5) is 5.82 Å². The van der Waals surface area contributed by atoms with E-state index in [1.165, 1.54) is 0 Å². The summed E-state index contributed by atoms with van der Waals surface area (Å²) < 4.78 is 0. The first-order valence-corrected chi connectivity index (χ1v) is 10.9. The van der Waals surface area contributed by atoms with Gasteiger partial charge in [-0.15, -0.1) is 10.2 Å². The fourth-order valence-electron chi connectivity index (χ4n) is 4.38. The lowest BCUT2D eigenvalue weighted by Crippen LogP contribution is -2.45. The normalized spacial score (nSPS) is 19.9. The van der Waals surface area contributed by atoms with Gasteiger partial charge < -0.3 is 15.1 Å². The third kappa shape index (κ3) is 5.98. The fraction of sp³-hybridized carbons (Fsp3) is 0.667. The Balaban J connectivity index is 1.75. The lowest BCUT2D eigenvalue weighted by molar-refractivity contribution is -0.143. The van der Waals surface area contributed by atoms with Crippen LogP contribution in [0.15, 0.2) is 18.3 Å². The molecule has 1 aliphatic rings. The zero-order valence-corrected chi connectivity index (χ0v) is 18.4. The molecule has 0 amide bonds. The number of hydrogen-bond acceptors (Lipinski definition) is 8. The van der Waals surface area contributed by atoms with Crippen molar-refractivity contribution in [3.63, 3.8) is 0 Å². The third-order valence-corrected chi connectivity index (χ3v) is 6.01. The van der Waals surface area contributed by atoms with Crippen LogP contribution in [0.3, 0.4) is 0 Å². The molecule has 3 heterocycles. The van der Waals surface area contributed by atoms with Crippen LogP contribution >= 0.6 is 0 Å². The highest BCUT2D eigenvalue weighted by Gasteiger charge is 2.33. The van der Waals surface area contributed by atoms with E-state index in [1.807, 2.05) is 26.0 Å². The van der Waals surface area contributed by atoms with Gasteiger partial charge in [0.25, 0.3) is 0 Å². The molecule has 4 N–H and O–H groups in total. The Kier molecular flexibility index (Phi) is 7.91. The van der Waals surface area contributed by atoms with Gasteiger partial charge in [0.15, 0.2) is 5.82 Å². The summed E-state index contributed by atoms with van der Waals surface area (Å²) in [4.78, 5) is 18.8. The van der Waals surface area contributed by atoms with Crippen molar-refractivity contribution in [2.45, 2.75) is 51.7 Å². The average Bonchev–Trinajstić information content (AvgIpc) is 3.30. The Morgan fingerprint density at radius 1 is 1.39 bits per heavy atom. The van der Waals surface area contributed by atoms with Crippen LogP contribution in [0.2, 0.25) is 0 Å². The zero-order chi connectivity index (χ0) is 22.4. The van der Waals surface area contributed by atoms with E-state index < -0.39 is 24.0 Å². The van der Waals surface area contributed by atoms with Gasteiger partial charge in [0.05, 0.1) is 5.92 Å². The summed E-state index contributed by atoms with van der Waals surface area (Å²) in [6.45, 7) is 5.67. The molecule has 0 aliphatic carbocycles. The Hall–Kier alpha value is -2.59. The van der Waals surface area contributed by atoms with E-state index in [-0.39, 0.29) is 11.8 Å². The van der Waals surface area contributed by atoms with Gasteiger partial charge in [-0.2, -0.15) is 5.21 Å². The number of pyridine rings is 1. The van der Waals surface area contributed by atoms with E-state index in [1.54, 1.807) is 13.2 Å². The molecule has 0 aromatic carbocycles. The topological polar surface area (TPSA) is 140 Å². The van der Waals surface area contributed by atoms with E-state index in [4.69, 9.17) is 0 Å². The number of carboxylic acid groups (broad SMARTS) is 1. The van der Waals surface area contributed by atoms with Gasteiger partial charge >= 0.3 is 5.97 Å². The number of aliphatic hydroxyl groups is 1. The van der Waals surface area contributed by atoms with Crippen molar-refractivity contribution >= 4 is 11.8 Å². The molecule has 2 aromatic rings. The number of tetrazole rings is 1. The summed E-state index contributed by atoms with van der Waals surface area (Å²) >= 11 is 0. The first kappa shape index (κ1) is 23.1. The van der Waals surface area contributed by atoms with Crippen LogP contribution in [0, 0.1) is 17.8 Å². The molecule has 1 saturated heterocycles. The number of anilines is 1. The van der Waals surface area contributed by atoms with E-state index in [0.29, 0.717) is 18.7 Å². The predicted octanol–water partition coefficient (Wildman–Crippen LogP) is 1.42. The number of carboxylic acids is 1. The number of aromatic amines is 1. The van der Waals surface area contributed by atoms with Gasteiger partial charge in [0.1, 0.15) is 12.0 Å². The number of H-pyrrole nitrogens is 1. The van der Waals surface area contributed by atoms with Crippen molar-refractivity contribution in [3.05, 3.63) is 29.7 Å². The summed E-state index contributed by atoms with van der Waals surface area (Å²) in [6.07, 6.45) is 4.26. The van der Waals surface area contributed by atoms with E-state index in [9.17, 15) is 15.0 Å². The maximum absolute atomic E-state index is 12.0. The molecule has 3 rings (SSSR count). The molecule has 0 radical (unpaired) electrons. The maximum Gasteiger partial charge on any atom is 0.307 e. The van der Waals surface area contributed by atoms with Gasteiger partial charge in [-0.1, -0.05) is 25.1 Å². The van der Waals surface area contributed by atoms with Gasteiger partial charge in [0.2, 0.25) is 0 Å². The number of nitrogens with one attached hydrogen (secondary N) is 2.